The lowest BCUT2D eigenvalue weighted by Gasteiger charge is -2.21. The smallest absolute Gasteiger partial charge is 0.387 e. The van der Waals surface area contributed by atoms with Crippen molar-refractivity contribution < 1.29 is 13.5 Å². The molecule has 1 aromatic carbocycles. The zero-order valence-electron chi connectivity index (χ0n) is 9.90. The van der Waals surface area contributed by atoms with Gasteiger partial charge in [-0.3, -0.25) is 0 Å². The van der Waals surface area contributed by atoms with Crippen molar-refractivity contribution in [2.45, 2.75) is 32.9 Å². The molecule has 0 aliphatic carbocycles. The van der Waals surface area contributed by atoms with Gasteiger partial charge < -0.3 is 10.5 Å². The fourth-order valence-electron chi connectivity index (χ4n) is 1.52. The molecular formula is C12H18ClF2NO. The third-order valence-corrected chi connectivity index (χ3v) is 2.75. The second-order valence-corrected chi connectivity index (χ2v) is 3.83. The predicted octanol–water partition coefficient (Wildman–Crippen LogP) is 3.76. The van der Waals surface area contributed by atoms with E-state index in [0.29, 0.717) is 5.56 Å². The maximum absolute atomic E-state index is 12.2. The van der Waals surface area contributed by atoms with Gasteiger partial charge in [0.2, 0.25) is 0 Å². The average molecular weight is 266 g/mol. The van der Waals surface area contributed by atoms with Gasteiger partial charge >= 0.3 is 6.61 Å². The fourth-order valence-corrected chi connectivity index (χ4v) is 1.52. The topological polar surface area (TPSA) is 35.2 Å². The summed E-state index contributed by atoms with van der Waals surface area (Å²) in [5, 5.41) is 0. The van der Waals surface area contributed by atoms with Gasteiger partial charge in [0.05, 0.1) is 0 Å². The molecule has 0 aromatic heterocycles. The van der Waals surface area contributed by atoms with E-state index in [0.717, 1.165) is 6.42 Å². The normalized spacial score (nSPS) is 14.0. The summed E-state index contributed by atoms with van der Waals surface area (Å²) in [5.41, 5.74) is 6.64. The molecule has 0 heterocycles. The van der Waals surface area contributed by atoms with E-state index in [-0.39, 0.29) is 30.1 Å². The molecule has 0 bridgehead atoms. The molecule has 2 N–H and O–H groups in total. The molecule has 17 heavy (non-hydrogen) atoms. The van der Waals surface area contributed by atoms with Crippen LogP contribution in [0.25, 0.3) is 0 Å². The van der Waals surface area contributed by atoms with E-state index < -0.39 is 6.61 Å². The van der Waals surface area contributed by atoms with Crippen molar-refractivity contribution in [3.8, 4) is 5.75 Å². The molecule has 0 saturated heterocycles. The summed E-state index contributed by atoms with van der Waals surface area (Å²) in [7, 11) is 0. The molecular weight excluding hydrogens is 248 g/mol. The quantitative estimate of drug-likeness (QED) is 0.880. The van der Waals surface area contributed by atoms with Gasteiger partial charge in [-0.2, -0.15) is 8.78 Å². The molecule has 98 valence electrons. The number of hydrogen-bond acceptors (Lipinski definition) is 2. The van der Waals surface area contributed by atoms with Gasteiger partial charge in [-0.15, -0.1) is 12.4 Å². The Hall–Kier alpha value is -0.870. The Morgan fingerprint density at radius 1 is 1.29 bits per heavy atom. The molecule has 2 nitrogen and oxygen atoms in total. The van der Waals surface area contributed by atoms with Crippen LogP contribution in [0.15, 0.2) is 24.3 Å². The second-order valence-electron chi connectivity index (χ2n) is 3.83. The summed E-state index contributed by atoms with van der Waals surface area (Å²) in [6.45, 7) is 1.19. The summed E-state index contributed by atoms with van der Waals surface area (Å²) >= 11 is 0. The van der Waals surface area contributed by atoms with Crippen LogP contribution in [0.4, 0.5) is 8.78 Å². The molecule has 1 aromatic rings. The summed E-state index contributed by atoms with van der Waals surface area (Å²) in [5.74, 6) is 0.396. The largest absolute Gasteiger partial charge is 0.434 e. The molecule has 0 saturated carbocycles. The average Bonchev–Trinajstić information content (AvgIpc) is 2.27. The van der Waals surface area contributed by atoms with Crippen molar-refractivity contribution in [3.05, 3.63) is 29.8 Å². The van der Waals surface area contributed by atoms with Crippen molar-refractivity contribution in [2.24, 2.45) is 11.7 Å². The predicted molar refractivity (Wildman–Crippen MR) is 66.7 cm³/mol. The summed E-state index contributed by atoms with van der Waals surface area (Å²) in [4.78, 5) is 0. The first-order valence-electron chi connectivity index (χ1n) is 5.35. The molecule has 5 heteroatoms. The third-order valence-electron chi connectivity index (χ3n) is 2.75. The van der Waals surface area contributed by atoms with Crippen molar-refractivity contribution >= 4 is 12.4 Å². The molecule has 0 fully saturated rings. The zero-order valence-corrected chi connectivity index (χ0v) is 10.7. The monoisotopic (exact) mass is 265 g/mol. The van der Waals surface area contributed by atoms with Crippen LogP contribution in [0.1, 0.15) is 31.9 Å². The number of alkyl halides is 2. The van der Waals surface area contributed by atoms with E-state index in [9.17, 15) is 8.78 Å². The van der Waals surface area contributed by atoms with E-state index in [1.165, 1.54) is 6.07 Å². The van der Waals surface area contributed by atoms with Gasteiger partial charge in [-0.1, -0.05) is 38.5 Å². The van der Waals surface area contributed by atoms with Crippen LogP contribution in [0.2, 0.25) is 0 Å². The number of para-hydroxylation sites is 1. The van der Waals surface area contributed by atoms with Gasteiger partial charge in [0.15, 0.2) is 0 Å². The molecule has 0 aliphatic rings. The van der Waals surface area contributed by atoms with Crippen LogP contribution in [0.5, 0.6) is 5.75 Å². The summed E-state index contributed by atoms with van der Waals surface area (Å²) in [6, 6.07) is 6.40. The standard InChI is InChI=1S/C12H17F2NO.ClH/c1-3-8(2)11(15)9-6-4-5-7-10(9)16-12(13)14;/h4-8,11-12H,3,15H2,1-2H3;1H/t8?,11-;/m0./s1. The molecule has 1 rings (SSSR count). The Balaban J connectivity index is 0.00000256. The lowest BCUT2D eigenvalue weighted by molar-refractivity contribution is -0.0507. The van der Waals surface area contributed by atoms with Crippen LogP contribution >= 0.6 is 12.4 Å². The molecule has 0 amide bonds. The van der Waals surface area contributed by atoms with E-state index in [1.54, 1.807) is 18.2 Å². The number of rotatable bonds is 5. The molecule has 1 unspecified atom stereocenters. The first-order valence-corrected chi connectivity index (χ1v) is 5.35. The van der Waals surface area contributed by atoms with Crippen molar-refractivity contribution in [1.82, 2.24) is 0 Å². The van der Waals surface area contributed by atoms with Crippen LogP contribution in [0, 0.1) is 5.92 Å². The molecule has 0 spiro atoms. The van der Waals surface area contributed by atoms with Crippen LogP contribution in [0.3, 0.4) is 0 Å². The third kappa shape index (κ3) is 4.48. The number of hydrogen-bond donors (Lipinski definition) is 1. The van der Waals surface area contributed by atoms with Crippen molar-refractivity contribution in [3.63, 3.8) is 0 Å². The Bertz CT molecular complexity index is 336. The Labute approximate surface area is 107 Å². The van der Waals surface area contributed by atoms with Gasteiger partial charge in [0.25, 0.3) is 0 Å². The lowest BCUT2D eigenvalue weighted by atomic mass is 9.93. The van der Waals surface area contributed by atoms with E-state index in [1.807, 2.05) is 13.8 Å². The molecule has 0 radical (unpaired) electrons. The highest BCUT2D eigenvalue weighted by Crippen LogP contribution is 2.30. The Morgan fingerprint density at radius 2 is 1.88 bits per heavy atom. The minimum absolute atomic E-state index is 0. The van der Waals surface area contributed by atoms with Gasteiger partial charge in [0, 0.05) is 11.6 Å². The van der Waals surface area contributed by atoms with Crippen LogP contribution < -0.4 is 10.5 Å². The van der Waals surface area contributed by atoms with Crippen LogP contribution in [-0.4, -0.2) is 6.61 Å². The SMILES string of the molecule is CCC(C)[C@H](N)c1ccccc1OC(F)F.Cl. The number of ether oxygens (including phenoxy) is 1. The van der Waals surface area contributed by atoms with Crippen LogP contribution in [-0.2, 0) is 0 Å². The minimum Gasteiger partial charge on any atom is -0.434 e. The minimum atomic E-state index is -2.81. The summed E-state index contributed by atoms with van der Waals surface area (Å²) < 4.78 is 28.8. The van der Waals surface area contributed by atoms with E-state index in [2.05, 4.69) is 4.74 Å². The first-order chi connectivity index (χ1) is 7.56. The van der Waals surface area contributed by atoms with E-state index >= 15 is 0 Å². The number of halogens is 3. The highest BCUT2D eigenvalue weighted by Gasteiger charge is 2.18. The lowest BCUT2D eigenvalue weighted by Crippen LogP contribution is -2.20. The zero-order chi connectivity index (χ0) is 12.1. The van der Waals surface area contributed by atoms with Gasteiger partial charge in [0.1, 0.15) is 5.75 Å². The van der Waals surface area contributed by atoms with E-state index in [4.69, 9.17) is 5.73 Å². The van der Waals surface area contributed by atoms with Gasteiger partial charge in [-0.05, 0) is 12.0 Å². The Morgan fingerprint density at radius 3 is 2.41 bits per heavy atom. The maximum Gasteiger partial charge on any atom is 0.387 e. The second kappa shape index (κ2) is 7.45. The van der Waals surface area contributed by atoms with Crippen molar-refractivity contribution in [1.29, 1.82) is 0 Å². The highest BCUT2D eigenvalue weighted by molar-refractivity contribution is 5.85. The summed E-state index contributed by atoms with van der Waals surface area (Å²) in [6.07, 6.45) is 0.893. The first kappa shape index (κ1) is 16.1. The fraction of sp³-hybridized carbons (Fsp3) is 0.500. The number of benzene rings is 1. The van der Waals surface area contributed by atoms with Crippen molar-refractivity contribution in [2.75, 3.05) is 0 Å². The Kier molecular flexibility index (Phi) is 7.07. The molecule has 2 atom stereocenters. The highest BCUT2D eigenvalue weighted by atomic mass is 35.5. The van der Waals surface area contributed by atoms with Gasteiger partial charge in [-0.25, -0.2) is 0 Å². The maximum atomic E-state index is 12.2. The molecule has 0 aliphatic heterocycles. The number of nitrogens with two attached hydrogens (primary N) is 1.